The predicted molar refractivity (Wildman–Crippen MR) is 87.1 cm³/mol. The van der Waals surface area contributed by atoms with E-state index in [1.807, 2.05) is 13.8 Å². The molecule has 1 atom stereocenters. The molecule has 0 unspecified atom stereocenters. The maximum atomic E-state index is 13.0. The Morgan fingerprint density at radius 1 is 1.22 bits per heavy atom. The number of carbonyl (C=O) groups excluding carboxylic acids is 3. The van der Waals surface area contributed by atoms with E-state index in [2.05, 4.69) is 0 Å². The van der Waals surface area contributed by atoms with Gasteiger partial charge in [0, 0.05) is 13.0 Å². The lowest BCUT2D eigenvalue weighted by Gasteiger charge is -2.34. The summed E-state index contributed by atoms with van der Waals surface area (Å²) in [6.07, 6.45) is 2.73. The molecule has 23 heavy (non-hydrogen) atoms. The summed E-state index contributed by atoms with van der Waals surface area (Å²) >= 11 is 0. The number of hydrogen-bond acceptors (Lipinski definition) is 3. The number of para-hydroxylation sites is 1. The highest BCUT2D eigenvalue weighted by atomic mass is 16.2. The summed E-state index contributed by atoms with van der Waals surface area (Å²) in [4.78, 5) is 41.5. The molecule has 3 rings (SSSR count). The summed E-state index contributed by atoms with van der Waals surface area (Å²) in [5.41, 5.74) is 0.880. The van der Waals surface area contributed by atoms with Crippen LogP contribution in [-0.2, 0) is 9.59 Å². The van der Waals surface area contributed by atoms with Crippen LogP contribution in [0.3, 0.4) is 0 Å². The van der Waals surface area contributed by atoms with E-state index in [0.29, 0.717) is 30.6 Å². The van der Waals surface area contributed by atoms with Crippen molar-refractivity contribution in [3.8, 4) is 0 Å². The third kappa shape index (κ3) is 2.76. The summed E-state index contributed by atoms with van der Waals surface area (Å²) in [5, 5.41) is 0. The smallest absolute Gasteiger partial charge is 0.256 e. The molecular weight excluding hydrogens is 292 g/mol. The number of benzene rings is 1. The standard InChI is InChI=1S/C18H22N2O3/c1-12(2)11-16(21)20-14-8-4-3-7-13(14)17(22)19-10-6-5-9-15(19)18(20)23/h3-4,7-8,12,15H,5-6,9-11H2,1-2H3/t15-/m1/s1. The van der Waals surface area contributed by atoms with Crippen LogP contribution in [0.2, 0.25) is 0 Å². The van der Waals surface area contributed by atoms with E-state index >= 15 is 0 Å². The largest absolute Gasteiger partial charge is 0.327 e. The van der Waals surface area contributed by atoms with E-state index < -0.39 is 6.04 Å². The number of piperidine rings is 1. The first-order chi connectivity index (χ1) is 11.0. The Morgan fingerprint density at radius 3 is 2.70 bits per heavy atom. The molecule has 0 aromatic heterocycles. The molecule has 0 spiro atoms. The number of rotatable bonds is 2. The highest BCUT2D eigenvalue weighted by Gasteiger charge is 2.42. The summed E-state index contributed by atoms with van der Waals surface area (Å²) in [6, 6.07) is 6.43. The van der Waals surface area contributed by atoms with Crippen molar-refractivity contribution in [3.63, 3.8) is 0 Å². The van der Waals surface area contributed by atoms with Crippen molar-refractivity contribution in [1.82, 2.24) is 4.90 Å². The van der Waals surface area contributed by atoms with Gasteiger partial charge in [0.25, 0.3) is 11.8 Å². The normalized spacial score (nSPS) is 21.1. The van der Waals surface area contributed by atoms with Gasteiger partial charge in [-0.05, 0) is 37.3 Å². The molecule has 0 N–H and O–H groups in total. The minimum absolute atomic E-state index is 0.140. The number of anilines is 1. The summed E-state index contributed by atoms with van der Waals surface area (Å²) < 4.78 is 0. The van der Waals surface area contributed by atoms with Crippen LogP contribution in [0.15, 0.2) is 24.3 Å². The lowest BCUT2D eigenvalue weighted by Crippen LogP contribution is -2.52. The number of fused-ring (bicyclic) bond motifs is 2. The highest BCUT2D eigenvalue weighted by molar-refractivity contribution is 6.22. The number of carbonyl (C=O) groups is 3. The van der Waals surface area contributed by atoms with E-state index in [1.54, 1.807) is 29.2 Å². The van der Waals surface area contributed by atoms with Gasteiger partial charge in [0.05, 0.1) is 11.3 Å². The maximum Gasteiger partial charge on any atom is 0.256 e. The predicted octanol–water partition coefficient (Wildman–Crippen LogP) is 2.60. The second-order valence-corrected chi connectivity index (χ2v) is 6.69. The second-order valence-electron chi connectivity index (χ2n) is 6.69. The number of amides is 3. The third-order valence-electron chi connectivity index (χ3n) is 4.48. The lowest BCUT2D eigenvalue weighted by atomic mass is 10.0. The van der Waals surface area contributed by atoms with Crippen LogP contribution >= 0.6 is 0 Å². The van der Waals surface area contributed by atoms with Gasteiger partial charge in [-0.25, -0.2) is 4.90 Å². The second kappa shape index (κ2) is 6.14. The maximum absolute atomic E-state index is 13.0. The molecule has 2 aliphatic heterocycles. The van der Waals surface area contributed by atoms with E-state index in [9.17, 15) is 14.4 Å². The first-order valence-electron chi connectivity index (χ1n) is 8.27. The zero-order chi connectivity index (χ0) is 16.6. The molecule has 2 aliphatic rings. The summed E-state index contributed by atoms with van der Waals surface area (Å²) in [5.74, 6) is -0.464. The van der Waals surface area contributed by atoms with Gasteiger partial charge in [0.15, 0.2) is 0 Å². The lowest BCUT2D eigenvalue weighted by molar-refractivity contribution is -0.130. The van der Waals surface area contributed by atoms with Crippen LogP contribution in [-0.4, -0.2) is 35.2 Å². The molecule has 122 valence electrons. The fraction of sp³-hybridized carbons (Fsp3) is 0.500. The van der Waals surface area contributed by atoms with Crippen LogP contribution in [0.5, 0.6) is 0 Å². The summed E-state index contributed by atoms with van der Waals surface area (Å²) in [7, 11) is 0. The molecule has 0 bridgehead atoms. The molecule has 0 saturated carbocycles. The Balaban J connectivity index is 2.10. The van der Waals surface area contributed by atoms with Gasteiger partial charge in [-0.2, -0.15) is 0 Å². The Morgan fingerprint density at radius 2 is 1.96 bits per heavy atom. The first-order valence-corrected chi connectivity index (χ1v) is 8.27. The van der Waals surface area contributed by atoms with Crippen LogP contribution in [0.4, 0.5) is 5.69 Å². The zero-order valence-electron chi connectivity index (χ0n) is 13.6. The van der Waals surface area contributed by atoms with Crippen LogP contribution in [0, 0.1) is 5.92 Å². The van der Waals surface area contributed by atoms with Gasteiger partial charge < -0.3 is 4.90 Å². The van der Waals surface area contributed by atoms with Gasteiger partial charge in [-0.3, -0.25) is 14.4 Å². The average Bonchev–Trinajstić information content (AvgIpc) is 2.62. The van der Waals surface area contributed by atoms with Crippen LogP contribution in [0.25, 0.3) is 0 Å². The quantitative estimate of drug-likeness (QED) is 0.843. The first kappa shape index (κ1) is 15.7. The van der Waals surface area contributed by atoms with E-state index in [4.69, 9.17) is 0 Å². The Kier molecular flexibility index (Phi) is 4.20. The van der Waals surface area contributed by atoms with Crippen molar-refractivity contribution in [1.29, 1.82) is 0 Å². The molecular formula is C18H22N2O3. The molecule has 1 aromatic rings. The third-order valence-corrected chi connectivity index (χ3v) is 4.48. The van der Waals surface area contributed by atoms with Crippen LogP contribution in [0.1, 0.15) is 49.9 Å². The van der Waals surface area contributed by atoms with Crippen molar-refractivity contribution >= 4 is 23.4 Å². The van der Waals surface area contributed by atoms with E-state index in [0.717, 1.165) is 12.8 Å². The molecule has 0 radical (unpaired) electrons. The number of nitrogens with zero attached hydrogens (tertiary/aromatic N) is 2. The molecule has 1 aromatic carbocycles. The van der Waals surface area contributed by atoms with Crippen molar-refractivity contribution < 1.29 is 14.4 Å². The van der Waals surface area contributed by atoms with E-state index in [-0.39, 0.29) is 23.6 Å². The highest BCUT2D eigenvalue weighted by Crippen LogP contribution is 2.32. The van der Waals surface area contributed by atoms with Crippen molar-refractivity contribution in [2.24, 2.45) is 5.92 Å². The minimum atomic E-state index is -0.514. The monoisotopic (exact) mass is 314 g/mol. The fourth-order valence-corrected chi connectivity index (χ4v) is 3.40. The zero-order valence-corrected chi connectivity index (χ0v) is 13.6. The van der Waals surface area contributed by atoms with Crippen molar-refractivity contribution in [3.05, 3.63) is 29.8 Å². The van der Waals surface area contributed by atoms with Gasteiger partial charge in [0.2, 0.25) is 5.91 Å². The Hall–Kier alpha value is -2.17. The fourth-order valence-electron chi connectivity index (χ4n) is 3.40. The number of imide groups is 1. The van der Waals surface area contributed by atoms with Gasteiger partial charge >= 0.3 is 0 Å². The molecule has 5 heteroatoms. The summed E-state index contributed by atoms with van der Waals surface area (Å²) in [6.45, 7) is 4.48. The molecule has 5 nitrogen and oxygen atoms in total. The van der Waals surface area contributed by atoms with Crippen molar-refractivity contribution in [2.45, 2.75) is 45.6 Å². The van der Waals surface area contributed by atoms with Crippen LogP contribution < -0.4 is 4.90 Å². The Labute approximate surface area is 136 Å². The van der Waals surface area contributed by atoms with E-state index in [1.165, 1.54) is 4.90 Å². The topological polar surface area (TPSA) is 57.7 Å². The van der Waals surface area contributed by atoms with Crippen molar-refractivity contribution in [2.75, 3.05) is 11.4 Å². The van der Waals surface area contributed by atoms with Gasteiger partial charge in [-0.1, -0.05) is 26.0 Å². The average molecular weight is 314 g/mol. The SMILES string of the molecule is CC(C)CC(=O)N1C(=O)[C@H]2CCCCN2C(=O)c2ccccc21. The van der Waals surface area contributed by atoms with Gasteiger partial charge in [-0.15, -0.1) is 0 Å². The molecule has 2 heterocycles. The number of hydrogen-bond donors (Lipinski definition) is 0. The molecule has 1 saturated heterocycles. The minimum Gasteiger partial charge on any atom is -0.327 e. The molecule has 0 aliphatic carbocycles. The Bertz CT molecular complexity index is 653. The molecule has 3 amide bonds. The van der Waals surface area contributed by atoms with Gasteiger partial charge in [0.1, 0.15) is 6.04 Å². The molecule has 1 fully saturated rings.